The van der Waals surface area contributed by atoms with Gasteiger partial charge in [-0.25, -0.2) is 0 Å². The lowest BCUT2D eigenvalue weighted by molar-refractivity contribution is -0.346. The van der Waals surface area contributed by atoms with Gasteiger partial charge in [0.05, 0.1) is 50.2 Å². The van der Waals surface area contributed by atoms with Crippen molar-refractivity contribution in [3.63, 3.8) is 0 Å². The van der Waals surface area contributed by atoms with Crippen LogP contribution in [0.15, 0.2) is 0 Å². The van der Waals surface area contributed by atoms with Gasteiger partial charge in [0.25, 0.3) is 0 Å². The molecule has 174 valence electrons. The molecular weight excluding hydrogens is 406 g/mol. The average Bonchev–Trinajstić information content (AvgIpc) is 2.73. The lowest BCUT2D eigenvalue weighted by atomic mass is 9.89. The molecule has 4 saturated heterocycles. The summed E-state index contributed by atoms with van der Waals surface area (Å²) in [6, 6.07) is -1.38. The van der Waals surface area contributed by atoms with Crippen molar-refractivity contribution in [1.82, 2.24) is 5.32 Å². The SMILES string of the molecule is C[C@@H]1O[C@@H](O[C@H]2COC(CO)C3NC4C(O)[C@@H](O)[C@@H](CO)O[C@@H]4OC32)C[C@H](O)[C@@H]1O. The predicted molar refractivity (Wildman–Crippen MR) is 96.0 cm³/mol. The lowest BCUT2D eigenvalue weighted by Gasteiger charge is -2.54. The number of rotatable bonds is 4. The Morgan fingerprint density at radius 1 is 0.900 bits per heavy atom. The molecule has 13 atom stereocenters. The first-order chi connectivity index (χ1) is 14.3. The van der Waals surface area contributed by atoms with Crippen LogP contribution >= 0.6 is 0 Å². The quantitative estimate of drug-likeness (QED) is 0.226. The zero-order valence-corrected chi connectivity index (χ0v) is 16.6. The fourth-order valence-corrected chi connectivity index (χ4v) is 4.58. The van der Waals surface area contributed by atoms with Gasteiger partial charge in [-0.2, -0.15) is 0 Å². The van der Waals surface area contributed by atoms with Crippen LogP contribution in [-0.2, 0) is 23.7 Å². The third-order valence-corrected chi connectivity index (χ3v) is 6.33. The molecular formula is C18H31NO11. The summed E-state index contributed by atoms with van der Waals surface area (Å²) < 4.78 is 29.0. The number of aliphatic hydroxyl groups is 6. The summed E-state index contributed by atoms with van der Waals surface area (Å²) in [4.78, 5) is 0. The number of hydrogen-bond donors (Lipinski definition) is 7. The number of aliphatic hydroxyl groups excluding tert-OH is 6. The van der Waals surface area contributed by atoms with Gasteiger partial charge in [0.15, 0.2) is 12.6 Å². The van der Waals surface area contributed by atoms with E-state index in [4.69, 9.17) is 23.7 Å². The Hall–Kier alpha value is -0.480. The van der Waals surface area contributed by atoms with Crippen LogP contribution in [0.5, 0.6) is 0 Å². The Kier molecular flexibility index (Phi) is 6.94. The van der Waals surface area contributed by atoms with Gasteiger partial charge in [-0.1, -0.05) is 0 Å². The van der Waals surface area contributed by atoms with E-state index in [1.807, 2.05) is 0 Å². The molecule has 4 rings (SSSR count). The van der Waals surface area contributed by atoms with Crippen LogP contribution in [0, 0.1) is 0 Å². The van der Waals surface area contributed by atoms with Gasteiger partial charge in [0.2, 0.25) is 0 Å². The fourth-order valence-electron chi connectivity index (χ4n) is 4.58. The largest absolute Gasteiger partial charge is 0.394 e. The van der Waals surface area contributed by atoms with Crippen molar-refractivity contribution >= 4 is 0 Å². The van der Waals surface area contributed by atoms with Crippen LogP contribution in [0.25, 0.3) is 0 Å². The highest BCUT2D eigenvalue weighted by atomic mass is 16.7. The van der Waals surface area contributed by atoms with E-state index < -0.39 is 86.2 Å². The third-order valence-electron chi connectivity index (χ3n) is 6.33. The first kappa shape index (κ1) is 22.7. The maximum atomic E-state index is 10.4. The zero-order chi connectivity index (χ0) is 21.6. The summed E-state index contributed by atoms with van der Waals surface area (Å²) in [6.07, 6.45) is -9.88. The third kappa shape index (κ3) is 4.12. The summed E-state index contributed by atoms with van der Waals surface area (Å²) in [7, 11) is 0. The number of morpholine rings is 1. The summed E-state index contributed by atoms with van der Waals surface area (Å²) in [5.41, 5.74) is 0. The number of fused-ring (bicyclic) bond motifs is 2. The zero-order valence-electron chi connectivity index (χ0n) is 16.6. The molecule has 4 aliphatic heterocycles. The van der Waals surface area contributed by atoms with E-state index in [0.717, 1.165) is 0 Å². The van der Waals surface area contributed by atoms with E-state index >= 15 is 0 Å². The average molecular weight is 437 g/mol. The standard InChI is InChI=1S/C18H31NO11/c1-6-14(23)7(22)2-11(27-6)28-10-5-26-8(3-20)12-17(10)30-18-13(19-12)16(25)15(24)9(4-21)29-18/h6-25H,2-5H2,1H3/t6-,7-,8?,9+,10-,11-,12?,13?,14+,15-,16?,17?,18+/m0/s1. The molecule has 0 aliphatic carbocycles. The van der Waals surface area contributed by atoms with Gasteiger partial charge in [0, 0.05) is 6.42 Å². The van der Waals surface area contributed by atoms with Gasteiger partial charge < -0.3 is 54.3 Å². The van der Waals surface area contributed by atoms with E-state index in [0.29, 0.717) is 0 Å². The molecule has 4 fully saturated rings. The monoisotopic (exact) mass is 437 g/mol. The summed E-state index contributed by atoms with van der Waals surface area (Å²) in [5, 5.41) is 62.7. The van der Waals surface area contributed by atoms with Crippen LogP contribution in [0.4, 0.5) is 0 Å². The Morgan fingerprint density at radius 2 is 1.63 bits per heavy atom. The van der Waals surface area contributed by atoms with Crippen LogP contribution < -0.4 is 5.32 Å². The topological polar surface area (TPSA) is 180 Å². The van der Waals surface area contributed by atoms with Gasteiger partial charge in [0.1, 0.15) is 36.6 Å². The van der Waals surface area contributed by atoms with Crippen molar-refractivity contribution in [2.75, 3.05) is 19.8 Å². The lowest BCUT2D eigenvalue weighted by Crippen LogP contribution is -2.76. The highest BCUT2D eigenvalue weighted by molar-refractivity contribution is 5.04. The number of ether oxygens (including phenoxy) is 5. The van der Waals surface area contributed by atoms with E-state index in [2.05, 4.69) is 5.32 Å². The molecule has 0 aromatic rings. The Bertz CT molecular complexity index is 572. The minimum Gasteiger partial charge on any atom is -0.394 e. The minimum absolute atomic E-state index is 0.0658. The molecule has 0 aromatic carbocycles. The van der Waals surface area contributed by atoms with Crippen molar-refractivity contribution in [3.8, 4) is 0 Å². The normalized spacial score (nSPS) is 54.3. The Balaban J connectivity index is 1.49. The summed E-state index contributed by atoms with van der Waals surface area (Å²) in [6.45, 7) is 0.913. The molecule has 12 heteroatoms. The van der Waals surface area contributed by atoms with Gasteiger partial charge in [-0.05, 0) is 6.92 Å². The summed E-state index contributed by atoms with van der Waals surface area (Å²) in [5.74, 6) is 0. The molecule has 0 amide bonds. The van der Waals surface area contributed by atoms with E-state index in [-0.39, 0.29) is 19.6 Å². The van der Waals surface area contributed by atoms with E-state index in [9.17, 15) is 30.6 Å². The van der Waals surface area contributed by atoms with Crippen molar-refractivity contribution < 1.29 is 54.3 Å². The minimum atomic E-state index is -1.31. The summed E-state index contributed by atoms with van der Waals surface area (Å²) >= 11 is 0. The molecule has 12 nitrogen and oxygen atoms in total. The molecule has 7 N–H and O–H groups in total. The van der Waals surface area contributed by atoms with Crippen molar-refractivity contribution in [3.05, 3.63) is 0 Å². The molecule has 4 aliphatic rings. The van der Waals surface area contributed by atoms with Gasteiger partial charge in [-0.3, -0.25) is 5.32 Å². The number of nitrogens with one attached hydrogen (secondary N) is 1. The first-order valence-electron chi connectivity index (χ1n) is 10.3. The first-order valence-corrected chi connectivity index (χ1v) is 10.3. The maximum Gasteiger partial charge on any atom is 0.176 e. The van der Waals surface area contributed by atoms with Crippen LogP contribution in [0.3, 0.4) is 0 Å². The molecule has 0 radical (unpaired) electrons. The maximum absolute atomic E-state index is 10.4. The van der Waals surface area contributed by atoms with Crippen LogP contribution in [-0.4, -0.2) is 130 Å². The molecule has 5 unspecified atom stereocenters. The molecule has 0 aromatic heterocycles. The number of hydrogen-bond acceptors (Lipinski definition) is 12. The Morgan fingerprint density at radius 3 is 2.30 bits per heavy atom. The fraction of sp³-hybridized carbons (Fsp3) is 1.00. The highest BCUT2D eigenvalue weighted by Gasteiger charge is 2.55. The molecule has 0 spiro atoms. The van der Waals surface area contributed by atoms with Crippen molar-refractivity contribution in [2.24, 2.45) is 0 Å². The second-order valence-corrected chi connectivity index (χ2v) is 8.32. The molecule has 4 heterocycles. The Labute approximate surface area is 173 Å². The van der Waals surface area contributed by atoms with E-state index in [1.165, 1.54) is 0 Å². The van der Waals surface area contributed by atoms with Crippen LogP contribution in [0.1, 0.15) is 13.3 Å². The molecule has 0 saturated carbocycles. The van der Waals surface area contributed by atoms with Gasteiger partial charge in [-0.15, -0.1) is 0 Å². The van der Waals surface area contributed by atoms with Crippen LogP contribution in [0.2, 0.25) is 0 Å². The second kappa shape index (κ2) is 9.17. The predicted octanol–water partition coefficient (Wildman–Crippen LogP) is -4.22. The molecule has 30 heavy (non-hydrogen) atoms. The molecule has 0 bridgehead atoms. The highest BCUT2D eigenvalue weighted by Crippen LogP contribution is 2.34. The van der Waals surface area contributed by atoms with E-state index in [1.54, 1.807) is 6.92 Å². The van der Waals surface area contributed by atoms with Crippen molar-refractivity contribution in [1.29, 1.82) is 0 Å². The second-order valence-electron chi connectivity index (χ2n) is 8.32. The van der Waals surface area contributed by atoms with Gasteiger partial charge >= 0.3 is 0 Å². The van der Waals surface area contributed by atoms with Crippen molar-refractivity contribution in [2.45, 2.75) is 92.9 Å². The smallest absolute Gasteiger partial charge is 0.176 e.